The van der Waals surface area contributed by atoms with Crippen molar-refractivity contribution in [1.82, 2.24) is 15.5 Å². The molecule has 112 valence electrons. The van der Waals surface area contributed by atoms with Gasteiger partial charge in [0.2, 0.25) is 11.7 Å². The summed E-state index contributed by atoms with van der Waals surface area (Å²) in [6.45, 7) is 0. The van der Waals surface area contributed by atoms with Crippen molar-refractivity contribution in [2.45, 2.75) is 68.9 Å². The predicted octanol–water partition coefficient (Wildman–Crippen LogP) is 2.56. The fraction of sp³-hybridized carbons (Fsp3) is 0.867. The summed E-state index contributed by atoms with van der Waals surface area (Å²) in [5.41, 5.74) is -0.136. The van der Waals surface area contributed by atoms with Crippen molar-refractivity contribution in [3.05, 3.63) is 11.7 Å². The van der Waals surface area contributed by atoms with Gasteiger partial charge in [-0.1, -0.05) is 24.4 Å². The maximum atomic E-state index is 5.61. The molecule has 3 rings (SSSR count). The Hall–Kier alpha value is -0.940. The van der Waals surface area contributed by atoms with E-state index < -0.39 is 0 Å². The molecule has 0 bridgehead atoms. The van der Waals surface area contributed by atoms with Crippen LogP contribution in [-0.4, -0.2) is 29.8 Å². The molecule has 2 fully saturated rings. The number of hydrogen-bond donors (Lipinski definition) is 1. The lowest BCUT2D eigenvalue weighted by Gasteiger charge is -2.37. The number of nitrogens with one attached hydrogen (secondary N) is 1. The maximum Gasteiger partial charge on any atom is 0.228 e. The molecule has 0 radical (unpaired) electrons. The normalized spacial score (nSPS) is 24.3. The summed E-state index contributed by atoms with van der Waals surface area (Å²) in [6, 6.07) is 0. The van der Waals surface area contributed by atoms with Crippen molar-refractivity contribution in [3.8, 4) is 0 Å². The Morgan fingerprint density at radius 3 is 2.45 bits per heavy atom. The molecule has 5 heteroatoms. The summed E-state index contributed by atoms with van der Waals surface area (Å²) in [4.78, 5) is 4.62. The van der Waals surface area contributed by atoms with E-state index >= 15 is 0 Å². The van der Waals surface area contributed by atoms with Gasteiger partial charge in [0.15, 0.2) is 0 Å². The first-order valence-corrected chi connectivity index (χ1v) is 7.79. The van der Waals surface area contributed by atoms with Gasteiger partial charge in [-0.3, -0.25) is 0 Å². The van der Waals surface area contributed by atoms with Crippen molar-refractivity contribution >= 4 is 0 Å². The Morgan fingerprint density at radius 2 is 1.90 bits per heavy atom. The van der Waals surface area contributed by atoms with E-state index in [9.17, 15) is 0 Å². The van der Waals surface area contributed by atoms with E-state index in [0.717, 1.165) is 31.0 Å². The minimum absolute atomic E-state index is 0.141. The Labute approximate surface area is 120 Å². The standard InChI is InChI=1S/C15H25N3O2/c1-16-14(7-4-3-5-8-14)11-12-17-13(18-20-12)15(19-2)9-6-10-15/h16H,3-11H2,1-2H3. The van der Waals surface area contributed by atoms with Gasteiger partial charge < -0.3 is 14.6 Å². The first kappa shape index (κ1) is 14.0. The molecule has 2 aliphatic rings. The van der Waals surface area contributed by atoms with Crippen molar-refractivity contribution in [2.24, 2.45) is 0 Å². The molecule has 0 atom stereocenters. The molecule has 0 spiro atoms. The van der Waals surface area contributed by atoms with Crippen molar-refractivity contribution in [1.29, 1.82) is 0 Å². The minimum atomic E-state index is -0.277. The van der Waals surface area contributed by atoms with Crippen molar-refractivity contribution < 1.29 is 9.26 Å². The van der Waals surface area contributed by atoms with Gasteiger partial charge in [-0.25, -0.2) is 0 Å². The van der Waals surface area contributed by atoms with Crippen LogP contribution >= 0.6 is 0 Å². The largest absolute Gasteiger partial charge is 0.370 e. The van der Waals surface area contributed by atoms with Crippen molar-refractivity contribution in [2.75, 3.05) is 14.2 Å². The van der Waals surface area contributed by atoms with E-state index in [4.69, 9.17) is 9.26 Å². The van der Waals surface area contributed by atoms with E-state index in [2.05, 4.69) is 15.5 Å². The third kappa shape index (κ3) is 2.37. The lowest BCUT2D eigenvalue weighted by molar-refractivity contribution is -0.0858. The van der Waals surface area contributed by atoms with Crippen LogP contribution in [0.3, 0.4) is 0 Å². The second kappa shape index (κ2) is 5.45. The van der Waals surface area contributed by atoms with Crippen LogP contribution in [0.5, 0.6) is 0 Å². The van der Waals surface area contributed by atoms with E-state index in [1.165, 1.54) is 38.5 Å². The van der Waals surface area contributed by atoms with Gasteiger partial charge in [0.05, 0.1) is 0 Å². The van der Waals surface area contributed by atoms with Crippen LogP contribution in [0.25, 0.3) is 0 Å². The Morgan fingerprint density at radius 1 is 1.15 bits per heavy atom. The summed E-state index contributed by atoms with van der Waals surface area (Å²) >= 11 is 0. The molecule has 0 unspecified atom stereocenters. The van der Waals surface area contributed by atoms with Crippen LogP contribution in [0.2, 0.25) is 0 Å². The fourth-order valence-electron chi connectivity index (χ4n) is 3.56. The van der Waals surface area contributed by atoms with Crippen LogP contribution in [0, 0.1) is 0 Å². The summed E-state index contributed by atoms with van der Waals surface area (Å²) in [5.74, 6) is 1.49. The zero-order chi connectivity index (χ0) is 14.1. The molecule has 1 N–H and O–H groups in total. The van der Waals surface area contributed by atoms with Gasteiger partial charge in [-0.05, 0) is 39.2 Å². The molecule has 20 heavy (non-hydrogen) atoms. The molecule has 0 saturated heterocycles. The van der Waals surface area contributed by atoms with Crippen LogP contribution in [0.1, 0.15) is 63.1 Å². The topological polar surface area (TPSA) is 60.2 Å². The number of methoxy groups -OCH3 is 1. The van der Waals surface area contributed by atoms with Crippen LogP contribution < -0.4 is 5.32 Å². The molecular weight excluding hydrogens is 254 g/mol. The maximum absolute atomic E-state index is 5.61. The highest BCUT2D eigenvalue weighted by Crippen LogP contribution is 2.43. The monoisotopic (exact) mass is 279 g/mol. The molecular formula is C15H25N3O2. The summed E-state index contributed by atoms with van der Waals surface area (Å²) in [7, 11) is 3.79. The van der Waals surface area contributed by atoms with Gasteiger partial charge in [-0.2, -0.15) is 4.98 Å². The number of rotatable bonds is 5. The first-order chi connectivity index (χ1) is 9.72. The van der Waals surface area contributed by atoms with E-state index in [0.29, 0.717) is 0 Å². The van der Waals surface area contributed by atoms with E-state index in [-0.39, 0.29) is 11.1 Å². The second-order valence-electron chi connectivity index (χ2n) is 6.33. The number of likely N-dealkylation sites (N-methyl/N-ethyl adjacent to an activating group) is 1. The minimum Gasteiger partial charge on any atom is -0.370 e. The highest BCUT2D eigenvalue weighted by Gasteiger charge is 2.43. The fourth-order valence-corrected chi connectivity index (χ4v) is 3.56. The van der Waals surface area contributed by atoms with Crippen LogP contribution in [-0.2, 0) is 16.8 Å². The summed E-state index contributed by atoms with van der Waals surface area (Å²) in [5, 5.41) is 7.67. The zero-order valence-electron chi connectivity index (χ0n) is 12.6. The number of ether oxygens (including phenoxy) is 1. The predicted molar refractivity (Wildman–Crippen MR) is 75.4 cm³/mol. The molecule has 1 aromatic heterocycles. The van der Waals surface area contributed by atoms with Gasteiger partial charge in [0.1, 0.15) is 5.60 Å². The lowest BCUT2D eigenvalue weighted by atomic mass is 9.79. The first-order valence-electron chi connectivity index (χ1n) is 7.79. The van der Waals surface area contributed by atoms with Gasteiger partial charge in [0.25, 0.3) is 0 Å². The van der Waals surface area contributed by atoms with Gasteiger partial charge >= 0.3 is 0 Å². The van der Waals surface area contributed by atoms with Crippen LogP contribution in [0.15, 0.2) is 4.52 Å². The average molecular weight is 279 g/mol. The lowest BCUT2D eigenvalue weighted by Crippen LogP contribution is -2.46. The smallest absolute Gasteiger partial charge is 0.228 e. The highest BCUT2D eigenvalue weighted by atomic mass is 16.5. The van der Waals surface area contributed by atoms with Gasteiger partial charge in [0, 0.05) is 19.1 Å². The SMILES string of the molecule is CNC1(Cc2nc(C3(OC)CCC3)no2)CCCCC1. The molecule has 1 aromatic rings. The quantitative estimate of drug-likeness (QED) is 0.897. The zero-order valence-corrected chi connectivity index (χ0v) is 12.6. The highest BCUT2D eigenvalue weighted by molar-refractivity contribution is 5.08. The Bertz CT molecular complexity index is 442. The molecule has 1 heterocycles. The Balaban J connectivity index is 1.73. The Kier molecular flexibility index (Phi) is 3.82. The number of nitrogens with zero attached hydrogens (tertiary/aromatic N) is 2. The number of hydrogen-bond acceptors (Lipinski definition) is 5. The molecule has 0 aliphatic heterocycles. The van der Waals surface area contributed by atoms with Crippen LogP contribution in [0.4, 0.5) is 0 Å². The van der Waals surface area contributed by atoms with Crippen molar-refractivity contribution in [3.63, 3.8) is 0 Å². The molecule has 2 aliphatic carbocycles. The second-order valence-corrected chi connectivity index (χ2v) is 6.33. The molecule has 0 amide bonds. The van der Waals surface area contributed by atoms with E-state index in [1.54, 1.807) is 7.11 Å². The van der Waals surface area contributed by atoms with E-state index in [1.807, 2.05) is 7.05 Å². The third-order valence-corrected chi connectivity index (χ3v) is 5.26. The molecule has 5 nitrogen and oxygen atoms in total. The third-order valence-electron chi connectivity index (χ3n) is 5.26. The number of aromatic nitrogens is 2. The summed E-state index contributed by atoms with van der Waals surface area (Å²) in [6.07, 6.45) is 10.3. The average Bonchev–Trinajstić information content (AvgIpc) is 2.88. The molecule has 0 aromatic carbocycles. The van der Waals surface area contributed by atoms with Gasteiger partial charge in [-0.15, -0.1) is 0 Å². The molecule has 2 saturated carbocycles. The summed E-state index contributed by atoms with van der Waals surface area (Å²) < 4.78 is 11.1.